The standard InChI is InChI=1S/C17H20O3/c1-19-15-10-13-9-11(7-8-18)3-6-14(13)16(12-4-5-12)17(15)20-2/h3,6,9-10,12,18H,4-5,7-8H2,1-2H3. The van der Waals surface area contributed by atoms with Gasteiger partial charge in [0.15, 0.2) is 11.5 Å². The van der Waals surface area contributed by atoms with Crippen molar-refractivity contribution in [2.75, 3.05) is 20.8 Å². The molecule has 0 unspecified atom stereocenters. The summed E-state index contributed by atoms with van der Waals surface area (Å²) >= 11 is 0. The van der Waals surface area contributed by atoms with Crippen LogP contribution in [-0.2, 0) is 6.42 Å². The Hall–Kier alpha value is -1.74. The molecule has 0 atom stereocenters. The summed E-state index contributed by atoms with van der Waals surface area (Å²) in [6.07, 6.45) is 3.12. The van der Waals surface area contributed by atoms with Crippen molar-refractivity contribution in [2.24, 2.45) is 0 Å². The molecule has 0 bridgehead atoms. The van der Waals surface area contributed by atoms with Gasteiger partial charge < -0.3 is 14.6 Å². The van der Waals surface area contributed by atoms with Crippen LogP contribution in [0.2, 0.25) is 0 Å². The Kier molecular flexibility index (Phi) is 3.53. The van der Waals surface area contributed by atoms with Crippen LogP contribution in [0.4, 0.5) is 0 Å². The highest BCUT2D eigenvalue weighted by Crippen LogP contribution is 2.50. The fourth-order valence-corrected chi connectivity index (χ4v) is 2.86. The molecule has 3 rings (SSSR count). The Balaban J connectivity index is 2.23. The van der Waals surface area contributed by atoms with Gasteiger partial charge in [0.1, 0.15) is 0 Å². The lowest BCUT2D eigenvalue weighted by molar-refractivity contribution is 0.299. The monoisotopic (exact) mass is 272 g/mol. The van der Waals surface area contributed by atoms with Gasteiger partial charge in [-0.25, -0.2) is 0 Å². The molecule has 20 heavy (non-hydrogen) atoms. The third-order valence-corrected chi connectivity index (χ3v) is 3.97. The van der Waals surface area contributed by atoms with E-state index in [2.05, 4.69) is 18.2 Å². The largest absolute Gasteiger partial charge is 0.493 e. The lowest BCUT2D eigenvalue weighted by Crippen LogP contribution is -1.98. The number of benzene rings is 2. The molecule has 3 heteroatoms. The Labute approximate surface area is 119 Å². The molecule has 106 valence electrons. The van der Waals surface area contributed by atoms with Crippen molar-refractivity contribution in [1.82, 2.24) is 0 Å². The zero-order valence-electron chi connectivity index (χ0n) is 12.0. The van der Waals surface area contributed by atoms with Crippen LogP contribution in [-0.4, -0.2) is 25.9 Å². The summed E-state index contributed by atoms with van der Waals surface area (Å²) in [6, 6.07) is 8.41. The van der Waals surface area contributed by atoms with Gasteiger partial charge in [-0.1, -0.05) is 18.2 Å². The van der Waals surface area contributed by atoms with Crippen LogP contribution in [0.3, 0.4) is 0 Å². The quantitative estimate of drug-likeness (QED) is 0.908. The summed E-state index contributed by atoms with van der Waals surface area (Å²) in [5.41, 5.74) is 2.42. The minimum absolute atomic E-state index is 0.175. The number of hydrogen-bond acceptors (Lipinski definition) is 3. The van der Waals surface area contributed by atoms with Crippen molar-refractivity contribution in [3.05, 3.63) is 35.4 Å². The van der Waals surface area contributed by atoms with E-state index in [1.807, 2.05) is 6.07 Å². The van der Waals surface area contributed by atoms with Crippen LogP contribution >= 0.6 is 0 Å². The summed E-state index contributed by atoms with van der Waals surface area (Å²) in [7, 11) is 3.38. The summed E-state index contributed by atoms with van der Waals surface area (Å²) in [6.45, 7) is 0.175. The van der Waals surface area contributed by atoms with Crippen molar-refractivity contribution < 1.29 is 14.6 Å². The van der Waals surface area contributed by atoms with Crippen molar-refractivity contribution >= 4 is 10.8 Å². The molecular formula is C17H20O3. The highest BCUT2D eigenvalue weighted by Gasteiger charge is 2.30. The van der Waals surface area contributed by atoms with Crippen LogP contribution in [0.25, 0.3) is 10.8 Å². The van der Waals surface area contributed by atoms with Crippen LogP contribution in [0.5, 0.6) is 11.5 Å². The fraction of sp³-hybridized carbons (Fsp3) is 0.412. The van der Waals surface area contributed by atoms with E-state index in [9.17, 15) is 0 Å². The highest BCUT2D eigenvalue weighted by molar-refractivity contribution is 5.91. The number of ether oxygens (including phenoxy) is 2. The van der Waals surface area contributed by atoms with E-state index in [4.69, 9.17) is 14.6 Å². The van der Waals surface area contributed by atoms with Gasteiger partial charge in [0.25, 0.3) is 0 Å². The number of fused-ring (bicyclic) bond motifs is 1. The van der Waals surface area contributed by atoms with Crippen LogP contribution in [0.15, 0.2) is 24.3 Å². The molecule has 2 aromatic rings. The molecule has 0 spiro atoms. The van der Waals surface area contributed by atoms with E-state index >= 15 is 0 Å². The normalized spacial score (nSPS) is 14.6. The molecule has 3 nitrogen and oxygen atoms in total. The lowest BCUT2D eigenvalue weighted by atomic mass is 9.97. The molecular weight excluding hydrogens is 252 g/mol. The Bertz CT molecular complexity index is 630. The van der Waals surface area contributed by atoms with Crippen LogP contribution < -0.4 is 9.47 Å². The van der Waals surface area contributed by atoms with Gasteiger partial charge in [-0.05, 0) is 47.6 Å². The maximum Gasteiger partial charge on any atom is 0.164 e. The second kappa shape index (κ2) is 5.33. The second-order valence-electron chi connectivity index (χ2n) is 5.33. The molecule has 1 aliphatic rings. The second-order valence-corrected chi connectivity index (χ2v) is 5.33. The summed E-state index contributed by atoms with van der Waals surface area (Å²) < 4.78 is 11.1. The van der Waals surface area contributed by atoms with Crippen LogP contribution in [0.1, 0.15) is 29.9 Å². The van der Waals surface area contributed by atoms with Crippen molar-refractivity contribution in [3.8, 4) is 11.5 Å². The fourth-order valence-electron chi connectivity index (χ4n) is 2.86. The van der Waals surface area contributed by atoms with Crippen LogP contribution in [0, 0.1) is 0 Å². The maximum absolute atomic E-state index is 9.08. The number of rotatable bonds is 5. The van der Waals surface area contributed by atoms with Gasteiger partial charge in [-0.2, -0.15) is 0 Å². The summed E-state index contributed by atoms with van der Waals surface area (Å²) in [5.74, 6) is 2.26. The molecule has 0 saturated heterocycles. The SMILES string of the molecule is COc1cc2cc(CCO)ccc2c(C2CC2)c1OC. The number of aliphatic hydroxyl groups excluding tert-OH is 1. The third-order valence-electron chi connectivity index (χ3n) is 3.97. The zero-order chi connectivity index (χ0) is 14.1. The van der Waals surface area contributed by atoms with Crippen molar-refractivity contribution in [3.63, 3.8) is 0 Å². The maximum atomic E-state index is 9.08. The first-order valence-electron chi connectivity index (χ1n) is 7.07. The van der Waals surface area contributed by atoms with Gasteiger partial charge in [0.05, 0.1) is 14.2 Å². The first-order chi connectivity index (χ1) is 9.78. The third kappa shape index (κ3) is 2.22. The van der Waals surface area contributed by atoms with E-state index in [0.717, 1.165) is 22.4 Å². The van der Waals surface area contributed by atoms with Gasteiger partial charge in [0.2, 0.25) is 0 Å². The first kappa shape index (κ1) is 13.3. The van der Waals surface area contributed by atoms with Gasteiger partial charge in [-0.15, -0.1) is 0 Å². The Morgan fingerprint density at radius 3 is 2.55 bits per heavy atom. The summed E-state index contributed by atoms with van der Waals surface area (Å²) in [4.78, 5) is 0. The first-order valence-corrected chi connectivity index (χ1v) is 7.07. The number of aliphatic hydroxyl groups is 1. The van der Waals surface area contributed by atoms with Crippen molar-refractivity contribution in [1.29, 1.82) is 0 Å². The Morgan fingerprint density at radius 1 is 1.15 bits per heavy atom. The molecule has 0 radical (unpaired) electrons. The molecule has 1 fully saturated rings. The number of hydrogen-bond donors (Lipinski definition) is 1. The zero-order valence-corrected chi connectivity index (χ0v) is 12.0. The highest BCUT2D eigenvalue weighted by atomic mass is 16.5. The van der Waals surface area contributed by atoms with E-state index in [-0.39, 0.29) is 6.61 Å². The topological polar surface area (TPSA) is 38.7 Å². The lowest BCUT2D eigenvalue weighted by Gasteiger charge is -2.16. The smallest absolute Gasteiger partial charge is 0.164 e. The molecule has 1 aliphatic carbocycles. The molecule has 0 heterocycles. The number of methoxy groups -OCH3 is 2. The van der Waals surface area contributed by atoms with Gasteiger partial charge >= 0.3 is 0 Å². The van der Waals surface area contributed by atoms with E-state index in [0.29, 0.717) is 12.3 Å². The van der Waals surface area contributed by atoms with E-state index < -0.39 is 0 Å². The molecule has 0 aliphatic heterocycles. The van der Waals surface area contributed by atoms with Crippen molar-refractivity contribution in [2.45, 2.75) is 25.2 Å². The van der Waals surface area contributed by atoms with E-state index in [1.165, 1.54) is 23.8 Å². The molecule has 1 N–H and O–H groups in total. The molecule has 2 aromatic carbocycles. The average molecular weight is 272 g/mol. The molecule has 0 amide bonds. The molecule has 0 aromatic heterocycles. The molecule has 1 saturated carbocycles. The minimum Gasteiger partial charge on any atom is -0.493 e. The summed E-state index contributed by atoms with van der Waals surface area (Å²) in [5, 5.41) is 11.5. The van der Waals surface area contributed by atoms with E-state index in [1.54, 1.807) is 14.2 Å². The minimum atomic E-state index is 0.175. The predicted octanol–water partition coefficient (Wildman–Crippen LogP) is 3.27. The average Bonchev–Trinajstić information content (AvgIpc) is 3.29. The predicted molar refractivity (Wildman–Crippen MR) is 79.8 cm³/mol. The van der Waals surface area contributed by atoms with Gasteiger partial charge in [0, 0.05) is 12.2 Å². The Morgan fingerprint density at radius 2 is 1.95 bits per heavy atom. The van der Waals surface area contributed by atoms with Gasteiger partial charge in [-0.3, -0.25) is 0 Å².